The summed E-state index contributed by atoms with van der Waals surface area (Å²) in [7, 11) is 0. The summed E-state index contributed by atoms with van der Waals surface area (Å²) in [6, 6.07) is 5.44. The Hall–Kier alpha value is -1.97. The van der Waals surface area contributed by atoms with E-state index in [1.165, 1.54) is 0 Å². The quantitative estimate of drug-likeness (QED) is 0.853. The average Bonchev–Trinajstić information content (AvgIpc) is 3.13. The number of nitrogens with one attached hydrogen (secondary N) is 1. The van der Waals surface area contributed by atoms with Gasteiger partial charge >= 0.3 is 0 Å². The topological polar surface area (TPSA) is 58.6 Å². The molecule has 2 aromatic rings. The number of hydrogen-bond donors (Lipinski definition) is 1. The Balaban J connectivity index is 2.07. The molecule has 0 aromatic carbocycles. The van der Waals surface area contributed by atoms with Crippen molar-refractivity contribution in [3.63, 3.8) is 0 Å². The van der Waals surface area contributed by atoms with Gasteiger partial charge in [-0.1, -0.05) is 6.07 Å². The van der Waals surface area contributed by atoms with Crippen LogP contribution in [-0.4, -0.2) is 15.0 Å². The van der Waals surface area contributed by atoms with Crippen LogP contribution in [0.1, 0.15) is 30.0 Å². The fourth-order valence-electron chi connectivity index (χ4n) is 1.79. The third kappa shape index (κ3) is 2.11. The van der Waals surface area contributed by atoms with E-state index in [9.17, 15) is 4.79 Å². The van der Waals surface area contributed by atoms with E-state index in [1.807, 2.05) is 19.1 Å². The highest BCUT2D eigenvalue weighted by Crippen LogP contribution is 2.38. The van der Waals surface area contributed by atoms with E-state index in [4.69, 9.17) is 0 Å². The number of aromatic nitrogens is 3. The molecule has 17 heavy (non-hydrogen) atoms. The van der Waals surface area contributed by atoms with Crippen molar-refractivity contribution in [2.45, 2.75) is 25.7 Å². The zero-order valence-corrected chi connectivity index (χ0v) is 9.60. The summed E-state index contributed by atoms with van der Waals surface area (Å²) in [5, 5.41) is 0. The lowest BCUT2D eigenvalue weighted by atomic mass is 10.2. The van der Waals surface area contributed by atoms with Gasteiger partial charge in [0.05, 0.1) is 5.69 Å². The maximum Gasteiger partial charge on any atom is 0.251 e. The van der Waals surface area contributed by atoms with E-state index >= 15 is 0 Å². The maximum atomic E-state index is 11.6. The van der Waals surface area contributed by atoms with E-state index in [0.717, 1.165) is 29.8 Å². The Labute approximate surface area is 98.8 Å². The molecule has 4 heteroatoms. The summed E-state index contributed by atoms with van der Waals surface area (Å²) in [5.41, 5.74) is 2.61. The molecule has 1 fully saturated rings. The van der Waals surface area contributed by atoms with Crippen molar-refractivity contribution in [2.24, 2.45) is 0 Å². The molecule has 1 saturated carbocycles. The van der Waals surface area contributed by atoms with Crippen molar-refractivity contribution >= 4 is 0 Å². The molecule has 1 aliphatic carbocycles. The van der Waals surface area contributed by atoms with Gasteiger partial charge in [0.25, 0.3) is 5.56 Å². The lowest BCUT2D eigenvalue weighted by Crippen LogP contribution is -2.10. The van der Waals surface area contributed by atoms with Gasteiger partial charge in [0.2, 0.25) is 0 Å². The lowest BCUT2D eigenvalue weighted by Gasteiger charge is -2.03. The minimum Gasteiger partial charge on any atom is -0.305 e. The molecule has 86 valence electrons. The van der Waals surface area contributed by atoms with E-state index in [1.54, 1.807) is 12.3 Å². The van der Waals surface area contributed by atoms with Gasteiger partial charge in [-0.2, -0.15) is 0 Å². The van der Waals surface area contributed by atoms with Crippen LogP contribution >= 0.6 is 0 Å². The normalized spacial score (nSPS) is 14.9. The Morgan fingerprint density at radius 2 is 2.18 bits per heavy atom. The van der Waals surface area contributed by atoms with Gasteiger partial charge in [-0.3, -0.25) is 9.78 Å². The van der Waals surface area contributed by atoms with Crippen LogP contribution in [0, 0.1) is 6.92 Å². The third-order valence-corrected chi connectivity index (χ3v) is 2.91. The zero-order valence-electron chi connectivity index (χ0n) is 9.60. The highest BCUT2D eigenvalue weighted by atomic mass is 16.1. The molecule has 1 aliphatic rings. The SMILES string of the molecule is Cc1ccc(-c2nc(C3CC3)cc(=O)[nH]2)nc1. The molecule has 0 radical (unpaired) electrons. The van der Waals surface area contributed by atoms with Crippen molar-refractivity contribution in [3.05, 3.63) is 46.0 Å². The van der Waals surface area contributed by atoms with E-state index in [0.29, 0.717) is 11.7 Å². The van der Waals surface area contributed by atoms with Crippen LogP contribution in [-0.2, 0) is 0 Å². The van der Waals surface area contributed by atoms with Crippen LogP contribution in [0.4, 0.5) is 0 Å². The van der Waals surface area contributed by atoms with Crippen LogP contribution in [0.25, 0.3) is 11.5 Å². The monoisotopic (exact) mass is 227 g/mol. The molecule has 0 saturated heterocycles. The molecule has 0 spiro atoms. The number of pyridine rings is 1. The molecule has 0 amide bonds. The highest BCUT2D eigenvalue weighted by Gasteiger charge is 2.25. The Kier molecular flexibility index (Phi) is 2.28. The van der Waals surface area contributed by atoms with Crippen LogP contribution in [0.15, 0.2) is 29.2 Å². The minimum atomic E-state index is -0.0979. The van der Waals surface area contributed by atoms with Gasteiger partial charge in [0.1, 0.15) is 5.69 Å². The minimum absolute atomic E-state index is 0.0979. The fourth-order valence-corrected chi connectivity index (χ4v) is 1.79. The van der Waals surface area contributed by atoms with Crippen molar-refractivity contribution < 1.29 is 0 Å². The Morgan fingerprint density at radius 1 is 1.35 bits per heavy atom. The van der Waals surface area contributed by atoms with Crippen molar-refractivity contribution in [2.75, 3.05) is 0 Å². The van der Waals surface area contributed by atoms with Gasteiger partial charge in [0, 0.05) is 18.2 Å². The van der Waals surface area contributed by atoms with E-state index < -0.39 is 0 Å². The summed E-state index contributed by atoms with van der Waals surface area (Å²) >= 11 is 0. The number of hydrogen-bond acceptors (Lipinski definition) is 3. The van der Waals surface area contributed by atoms with Gasteiger partial charge in [-0.15, -0.1) is 0 Å². The predicted octanol–water partition coefficient (Wildman–Crippen LogP) is 2.02. The molecule has 3 rings (SSSR count). The summed E-state index contributed by atoms with van der Waals surface area (Å²) in [5.74, 6) is 1.04. The molecule has 1 N–H and O–H groups in total. The number of aromatic amines is 1. The Bertz CT molecular complexity index is 597. The second-order valence-electron chi connectivity index (χ2n) is 4.51. The zero-order chi connectivity index (χ0) is 11.8. The van der Waals surface area contributed by atoms with Crippen LogP contribution < -0.4 is 5.56 Å². The van der Waals surface area contributed by atoms with Gasteiger partial charge < -0.3 is 4.98 Å². The molecule has 0 aliphatic heterocycles. The standard InChI is InChI=1S/C13H13N3O/c1-8-2-5-10(14-7-8)13-15-11(9-3-4-9)6-12(17)16-13/h2,5-7,9H,3-4H2,1H3,(H,15,16,17). The van der Waals surface area contributed by atoms with Crippen molar-refractivity contribution in [3.8, 4) is 11.5 Å². The van der Waals surface area contributed by atoms with Crippen LogP contribution in [0.5, 0.6) is 0 Å². The maximum absolute atomic E-state index is 11.6. The van der Waals surface area contributed by atoms with E-state index in [2.05, 4.69) is 15.0 Å². The number of H-pyrrole nitrogens is 1. The largest absolute Gasteiger partial charge is 0.305 e. The van der Waals surface area contributed by atoms with Crippen molar-refractivity contribution in [1.82, 2.24) is 15.0 Å². The van der Waals surface area contributed by atoms with E-state index in [-0.39, 0.29) is 5.56 Å². The smallest absolute Gasteiger partial charge is 0.251 e. The fraction of sp³-hybridized carbons (Fsp3) is 0.308. The second-order valence-corrected chi connectivity index (χ2v) is 4.51. The van der Waals surface area contributed by atoms with Crippen LogP contribution in [0.2, 0.25) is 0 Å². The first-order valence-corrected chi connectivity index (χ1v) is 5.77. The third-order valence-electron chi connectivity index (χ3n) is 2.91. The molecule has 2 aromatic heterocycles. The number of rotatable bonds is 2. The number of aryl methyl sites for hydroxylation is 1. The first-order valence-electron chi connectivity index (χ1n) is 5.77. The van der Waals surface area contributed by atoms with Crippen molar-refractivity contribution in [1.29, 1.82) is 0 Å². The lowest BCUT2D eigenvalue weighted by molar-refractivity contribution is 0.969. The van der Waals surface area contributed by atoms with Crippen LogP contribution in [0.3, 0.4) is 0 Å². The summed E-state index contributed by atoms with van der Waals surface area (Å²) in [4.78, 5) is 23.1. The van der Waals surface area contributed by atoms with Gasteiger partial charge in [0.15, 0.2) is 5.82 Å². The summed E-state index contributed by atoms with van der Waals surface area (Å²) in [6.07, 6.45) is 4.05. The second kappa shape index (κ2) is 3.80. The molecule has 0 atom stereocenters. The predicted molar refractivity (Wildman–Crippen MR) is 64.8 cm³/mol. The first kappa shape index (κ1) is 10.2. The molecule has 2 heterocycles. The van der Waals surface area contributed by atoms with Gasteiger partial charge in [-0.05, 0) is 31.4 Å². The Morgan fingerprint density at radius 3 is 2.82 bits per heavy atom. The molecular weight excluding hydrogens is 214 g/mol. The summed E-state index contributed by atoms with van der Waals surface area (Å²) in [6.45, 7) is 1.98. The molecule has 0 unspecified atom stereocenters. The highest BCUT2D eigenvalue weighted by molar-refractivity contribution is 5.49. The average molecular weight is 227 g/mol. The molecular formula is C13H13N3O. The number of nitrogens with zero attached hydrogens (tertiary/aromatic N) is 2. The molecule has 4 nitrogen and oxygen atoms in total. The summed E-state index contributed by atoms with van der Waals surface area (Å²) < 4.78 is 0. The van der Waals surface area contributed by atoms with Gasteiger partial charge in [-0.25, -0.2) is 4.98 Å². The molecule has 0 bridgehead atoms. The first-order chi connectivity index (χ1) is 8.22.